The SMILES string of the molecule is CC(=O)c1ccc2c(=O)n(C)c(CN3CCC(Nc4nc5ccccc5n4Cc4ccc(F)cc4)CC3)nc2c1. The Kier molecular flexibility index (Phi) is 6.89. The normalized spacial score (nSPS) is 14.7. The molecular weight excluding hydrogens is 507 g/mol. The van der Waals surface area contributed by atoms with Gasteiger partial charge in [0.25, 0.3) is 5.56 Å². The molecule has 1 aliphatic heterocycles. The number of anilines is 1. The first-order chi connectivity index (χ1) is 19.4. The monoisotopic (exact) mass is 538 g/mol. The molecule has 0 bridgehead atoms. The van der Waals surface area contributed by atoms with Gasteiger partial charge in [0, 0.05) is 31.7 Å². The number of benzene rings is 3. The minimum Gasteiger partial charge on any atom is -0.353 e. The van der Waals surface area contributed by atoms with Crippen LogP contribution in [0.2, 0.25) is 0 Å². The molecule has 1 N–H and O–H groups in total. The fourth-order valence-electron chi connectivity index (χ4n) is 5.41. The topological polar surface area (TPSA) is 85.0 Å². The Hall–Kier alpha value is -4.37. The first-order valence-corrected chi connectivity index (χ1v) is 13.5. The second kappa shape index (κ2) is 10.7. The second-order valence-corrected chi connectivity index (χ2v) is 10.5. The number of hydrogen-bond donors (Lipinski definition) is 1. The Morgan fingerprint density at radius 1 is 0.975 bits per heavy atom. The third-order valence-electron chi connectivity index (χ3n) is 7.77. The van der Waals surface area contributed by atoms with Gasteiger partial charge in [-0.2, -0.15) is 0 Å². The van der Waals surface area contributed by atoms with Crippen molar-refractivity contribution in [3.05, 3.63) is 99.9 Å². The molecule has 40 heavy (non-hydrogen) atoms. The number of carbonyl (C=O) groups excluding carboxylic acids is 1. The van der Waals surface area contributed by atoms with E-state index in [-0.39, 0.29) is 23.2 Å². The van der Waals surface area contributed by atoms with E-state index in [9.17, 15) is 14.0 Å². The fourth-order valence-corrected chi connectivity index (χ4v) is 5.41. The van der Waals surface area contributed by atoms with Gasteiger partial charge in [-0.25, -0.2) is 14.4 Å². The number of Topliss-reactive ketones (excluding diaryl/α,β-unsaturated/α-hetero) is 1. The van der Waals surface area contributed by atoms with E-state index in [1.807, 2.05) is 18.2 Å². The van der Waals surface area contributed by atoms with Crippen molar-refractivity contribution >= 4 is 33.7 Å². The van der Waals surface area contributed by atoms with Crippen molar-refractivity contribution in [3.63, 3.8) is 0 Å². The van der Waals surface area contributed by atoms with Crippen LogP contribution in [0.15, 0.2) is 71.5 Å². The van der Waals surface area contributed by atoms with E-state index < -0.39 is 0 Å². The molecular formula is C31H31FN6O2. The summed E-state index contributed by atoms with van der Waals surface area (Å²) >= 11 is 0. The zero-order chi connectivity index (χ0) is 27.8. The van der Waals surface area contributed by atoms with E-state index in [1.54, 1.807) is 41.9 Å². The number of likely N-dealkylation sites (tertiary alicyclic amines) is 1. The molecule has 0 aliphatic carbocycles. The van der Waals surface area contributed by atoms with E-state index in [4.69, 9.17) is 9.97 Å². The van der Waals surface area contributed by atoms with Crippen molar-refractivity contribution in [1.29, 1.82) is 0 Å². The van der Waals surface area contributed by atoms with Crippen molar-refractivity contribution in [3.8, 4) is 0 Å². The number of halogens is 1. The van der Waals surface area contributed by atoms with Gasteiger partial charge in [0.15, 0.2) is 5.78 Å². The number of carbonyl (C=O) groups is 1. The number of imidazole rings is 1. The minimum atomic E-state index is -0.246. The maximum atomic E-state index is 13.5. The van der Waals surface area contributed by atoms with Gasteiger partial charge in [0.2, 0.25) is 5.95 Å². The quantitative estimate of drug-likeness (QED) is 0.301. The first-order valence-electron chi connectivity index (χ1n) is 13.5. The van der Waals surface area contributed by atoms with Crippen LogP contribution in [0, 0.1) is 5.82 Å². The molecule has 0 saturated carbocycles. The molecule has 204 valence electrons. The van der Waals surface area contributed by atoms with Crippen molar-refractivity contribution in [1.82, 2.24) is 24.0 Å². The highest BCUT2D eigenvalue weighted by atomic mass is 19.1. The highest BCUT2D eigenvalue weighted by Crippen LogP contribution is 2.24. The van der Waals surface area contributed by atoms with Crippen LogP contribution in [0.25, 0.3) is 21.9 Å². The summed E-state index contributed by atoms with van der Waals surface area (Å²) in [7, 11) is 1.75. The Balaban J connectivity index is 1.17. The molecule has 5 aromatic rings. The lowest BCUT2D eigenvalue weighted by Crippen LogP contribution is -2.40. The number of nitrogens with one attached hydrogen (secondary N) is 1. The highest BCUT2D eigenvalue weighted by molar-refractivity contribution is 5.97. The maximum Gasteiger partial charge on any atom is 0.261 e. The zero-order valence-electron chi connectivity index (χ0n) is 22.6. The zero-order valence-corrected chi connectivity index (χ0v) is 22.6. The Morgan fingerprint density at radius 3 is 2.48 bits per heavy atom. The fraction of sp³-hybridized carbons (Fsp3) is 0.290. The molecule has 0 spiro atoms. The number of hydrogen-bond acceptors (Lipinski definition) is 6. The van der Waals surface area contributed by atoms with Gasteiger partial charge < -0.3 is 9.88 Å². The van der Waals surface area contributed by atoms with Gasteiger partial charge in [-0.3, -0.25) is 19.1 Å². The summed E-state index contributed by atoms with van der Waals surface area (Å²) in [4.78, 5) is 36.7. The number of rotatable bonds is 7. The standard InChI is InChI=1S/C31H31FN6O2/c1-20(39)22-9-12-25-27(17-22)34-29(36(2)30(25)40)19-37-15-13-24(14-16-37)33-31-35-26-5-3-4-6-28(26)38(31)18-21-7-10-23(32)11-8-21/h3-12,17,24H,13-16,18-19H2,1-2H3,(H,33,35). The number of nitrogens with zero attached hydrogens (tertiary/aromatic N) is 5. The lowest BCUT2D eigenvalue weighted by molar-refractivity contribution is 0.101. The summed E-state index contributed by atoms with van der Waals surface area (Å²) in [5.41, 5.74) is 3.96. The van der Waals surface area contributed by atoms with Crippen LogP contribution in [0.5, 0.6) is 0 Å². The largest absolute Gasteiger partial charge is 0.353 e. The van der Waals surface area contributed by atoms with E-state index in [0.717, 1.165) is 48.5 Å². The second-order valence-electron chi connectivity index (χ2n) is 10.5. The minimum absolute atomic E-state index is 0.0494. The van der Waals surface area contributed by atoms with E-state index in [1.165, 1.54) is 19.1 Å². The lowest BCUT2D eigenvalue weighted by Gasteiger charge is -2.32. The lowest BCUT2D eigenvalue weighted by atomic mass is 10.1. The highest BCUT2D eigenvalue weighted by Gasteiger charge is 2.23. The van der Waals surface area contributed by atoms with Crippen LogP contribution in [0.3, 0.4) is 0 Å². The summed E-state index contributed by atoms with van der Waals surface area (Å²) < 4.78 is 17.2. The molecule has 6 rings (SSSR count). The van der Waals surface area contributed by atoms with Gasteiger partial charge in [-0.15, -0.1) is 0 Å². The number of piperidine rings is 1. The molecule has 9 heteroatoms. The molecule has 0 radical (unpaired) electrons. The van der Waals surface area contributed by atoms with Crippen LogP contribution >= 0.6 is 0 Å². The van der Waals surface area contributed by atoms with Crippen molar-refractivity contribution in [2.45, 2.75) is 38.9 Å². The summed E-state index contributed by atoms with van der Waals surface area (Å²) in [5, 5.41) is 4.18. The third-order valence-corrected chi connectivity index (χ3v) is 7.77. The Bertz CT molecular complexity index is 1770. The Labute approximate surface area is 231 Å². The number of fused-ring (bicyclic) bond motifs is 2. The van der Waals surface area contributed by atoms with E-state index in [0.29, 0.717) is 35.4 Å². The molecule has 1 fully saturated rings. The molecule has 8 nitrogen and oxygen atoms in total. The van der Waals surface area contributed by atoms with E-state index >= 15 is 0 Å². The average molecular weight is 539 g/mol. The summed E-state index contributed by atoms with van der Waals surface area (Å²) in [6.07, 6.45) is 1.82. The van der Waals surface area contributed by atoms with Crippen LogP contribution in [-0.4, -0.2) is 48.9 Å². The van der Waals surface area contributed by atoms with Gasteiger partial charge in [-0.05, 0) is 61.7 Å². The van der Waals surface area contributed by atoms with Crippen molar-refractivity contribution in [2.75, 3.05) is 18.4 Å². The van der Waals surface area contributed by atoms with Crippen molar-refractivity contribution < 1.29 is 9.18 Å². The summed E-state index contributed by atoms with van der Waals surface area (Å²) in [5.74, 6) is 1.20. The molecule has 1 aliphatic rings. The van der Waals surface area contributed by atoms with Gasteiger partial charge in [0.1, 0.15) is 11.6 Å². The van der Waals surface area contributed by atoms with Crippen LogP contribution < -0.4 is 10.9 Å². The Morgan fingerprint density at radius 2 is 1.73 bits per heavy atom. The van der Waals surface area contributed by atoms with Crippen LogP contribution in [0.4, 0.5) is 10.3 Å². The van der Waals surface area contributed by atoms with Gasteiger partial charge in [0.05, 0.1) is 35.0 Å². The molecule has 1 saturated heterocycles. The first kappa shape index (κ1) is 25.9. The van der Waals surface area contributed by atoms with Gasteiger partial charge in [-0.1, -0.05) is 30.3 Å². The molecule has 0 unspecified atom stereocenters. The number of para-hydroxylation sites is 2. The molecule has 0 amide bonds. The van der Waals surface area contributed by atoms with Crippen LogP contribution in [0.1, 0.15) is 41.5 Å². The smallest absolute Gasteiger partial charge is 0.261 e. The predicted octanol–water partition coefficient (Wildman–Crippen LogP) is 4.75. The van der Waals surface area contributed by atoms with Crippen LogP contribution in [-0.2, 0) is 20.1 Å². The van der Waals surface area contributed by atoms with Gasteiger partial charge >= 0.3 is 0 Å². The summed E-state index contributed by atoms with van der Waals surface area (Å²) in [6, 6.07) is 19.9. The maximum absolute atomic E-state index is 13.5. The average Bonchev–Trinajstić information content (AvgIpc) is 3.30. The summed E-state index contributed by atoms with van der Waals surface area (Å²) in [6.45, 7) is 4.35. The van der Waals surface area contributed by atoms with E-state index in [2.05, 4.69) is 20.9 Å². The van der Waals surface area contributed by atoms with Crippen molar-refractivity contribution in [2.24, 2.45) is 7.05 Å². The number of aromatic nitrogens is 4. The number of ketones is 1. The molecule has 3 aromatic carbocycles. The third kappa shape index (κ3) is 5.12. The predicted molar refractivity (Wildman–Crippen MR) is 154 cm³/mol. The molecule has 0 atom stereocenters. The molecule has 2 aromatic heterocycles. The molecule has 3 heterocycles.